The van der Waals surface area contributed by atoms with Crippen molar-refractivity contribution in [2.45, 2.75) is 38.3 Å². The minimum absolute atomic E-state index is 0.0370. The van der Waals surface area contributed by atoms with E-state index >= 15 is 0 Å². The maximum absolute atomic E-state index is 12.4. The standard InChI is InChI=1S/C17H15N3O2/c1-7-5-6-10-11-13-12(16(21)20-17(13)22)8-3-2-4-9(8)14(11)19-15(10)18-7/h5-6,10,15,19H,2-4H2,1H3,(H,20,21,22). The first-order chi connectivity index (χ1) is 10.6. The molecule has 0 spiro atoms. The number of anilines is 1. The Labute approximate surface area is 127 Å². The van der Waals surface area contributed by atoms with Crippen molar-refractivity contribution < 1.29 is 9.59 Å². The van der Waals surface area contributed by atoms with Gasteiger partial charge in [0, 0.05) is 22.9 Å². The summed E-state index contributed by atoms with van der Waals surface area (Å²) in [6, 6.07) is 0. The first kappa shape index (κ1) is 12.1. The van der Waals surface area contributed by atoms with Gasteiger partial charge in [0.2, 0.25) is 0 Å². The van der Waals surface area contributed by atoms with Crippen molar-refractivity contribution in [2.75, 3.05) is 5.32 Å². The Hall–Kier alpha value is -2.43. The van der Waals surface area contributed by atoms with Crippen LogP contribution in [0.15, 0.2) is 17.1 Å². The van der Waals surface area contributed by atoms with Crippen molar-refractivity contribution in [1.29, 1.82) is 0 Å². The zero-order chi connectivity index (χ0) is 15.0. The van der Waals surface area contributed by atoms with Crippen molar-refractivity contribution in [3.05, 3.63) is 40.0 Å². The number of rotatable bonds is 0. The predicted molar refractivity (Wildman–Crippen MR) is 82.7 cm³/mol. The number of imide groups is 1. The van der Waals surface area contributed by atoms with Gasteiger partial charge in [0.25, 0.3) is 11.8 Å². The number of amides is 2. The Morgan fingerprint density at radius 3 is 2.77 bits per heavy atom. The van der Waals surface area contributed by atoms with Crippen molar-refractivity contribution in [1.82, 2.24) is 5.32 Å². The molecule has 5 heteroatoms. The second kappa shape index (κ2) is 3.85. The average molecular weight is 293 g/mol. The first-order valence-corrected chi connectivity index (χ1v) is 7.71. The molecule has 5 nitrogen and oxygen atoms in total. The first-order valence-electron chi connectivity index (χ1n) is 7.71. The number of aliphatic imine (C=N–C) groups is 1. The number of carbonyl (C=O) groups excluding carboxylic acids is 2. The van der Waals surface area contributed by atoms with Gasteiger partial charge in [-0.15, -0.1) is 0 Å². The minimum Gasteiger partial charge on any atom is -0.363 e. The highest BCUT2D eigenvalue weighted by Crippen LogP contribution is 2.49. The lowest BCUT2D eigenvalue weighted by Gasteiger charge is -2.18. The maximum Gasteiger partial charge on any atom is 0.259 e. The summed E-state index contributed by atoms with van der Waals surface area (Å²) in [7, 11) is 0. The van der Waals surface area contributed by atoms with Crippen molar-refractivity contribution in [3.63, 3.8) is 0 Å². The van der Waals surface area contributed by atoms with Gasteiger partial charge in [-0.3, -0.25) is 19.9 Å². The number of hydrogen-bond acceptors (Lipinski definition) is 4. The Morgan fingerprint density at radius 2 is 1.91 bits per heavy atom. The van der Waals surface area contributed by atoms with Crippen LogP contribution in [0.3, 0.4) is 0 Å². The Bertz CT molecular complexity index is 835. The summed E-state index contributed by atoms with van der Waals surface area (Å²) in [5, 5.41) is 5.98. The van der Waals surface area contributed by atoms with Gasteiger partial charge in [0.15, 0.2) is 0 Å². The molecule has 2 N–H and O–H groups in total. The topological polar surface area (TPSA) is 70.6 Å². The van der Waals surface area contributed by atoms with Crippen LogP contribution in [0.4, 0.5) is 5.69 Å². The van der Waals surface area contributed by atoms with E-state index in [-0.39, 0.29) is 23.9 Å². The summed E-state index contributed by atoms with van der Waals surface area (Å²) in [5.74, 6) is -0.452. The van der Waals surface area contributed by atoms with Crippen LogP contribution in [0, 0.1) is 0 Å². The molecule has 4 aliphatic rings. The minimum atomic E-state index is -0.256. The average Bonchev–Trinajstić information content (AvgIpc) is 3.13. The predicted octanol–water partition coefficient (Wildman–Crippen LogP) is 1.92. The number of benzene rings is 1. The number of fused-ring (bicyclic) bond motifs is 8. The smallest absolute Gasteiger partial charge is 0.259 e. The van der Waals surface area contributed by atoms with Crippen LogP contribution in [0.2, 0.25) is 0 Å². The Morgan fingerprint density at radius 1 is 1.14 bits per heavy atom. The van der Waals surface area contributed by atoms with Crippen LogP contribution in [0.25, 0.3) is 0 Å². The monoisotopic (exact) mass is 293 g/mol. The van der Waals surface area contributed by atoms with Gasteiger partial charge >= 0.3 is 0 Å². The maximum atomic E-state index is 12.4. The molecule has 3 heterocycles. The molecule has 2 atom stereocenters. The van der Waals surface area contributed by atoms with Gasteiger partial charge in [-0.25, -0.2) is 0 Å². The molecular weight excluding hydrogens is 278 g/mol. The van der Waals surface area contributed by atoms with E-state index in [2.05, 4.69) is 21.7 Å². The Kier molecular flexibility index (Phi) is 2.13. The van der Waals surface area contributed by atoms with Crippen molar-refractivity contribution >= 4 is 23.2 Å². The van der Waals surface area contributed by atoms with Gasteiger partial charge in [-0.2, -0.15) is 0 Å². The van der Waals surface area contributed by atoms with E-state index in [0.29, 0.717) is 11.1 Å². The van der Waals surface area contributed by atoms with Gasteiger partial charge < -0.3 is 5.32 Å². The van der Waals surface area contributed by atoms with E-state index < -0.39 is 0 Å². The third-order valence-corrected chi connectivity index (χ3v) is 5.14. The van der Waals surface area contributed by atoms with Crippen LogP contribution in [-0.4, -0.2) is 23.7 Å². The molecular formula is C17H15N3O2. The van der Waals surface area contributed by atoms with Gasteiger partial charge in [0.05, 0.1) is 11.1 Å². The zero-order valence-corrected chi connectivity index (χ0v) is 12.2. The van der Waals surface area contributed by atoms with Crippen LogP contribution < -0.4 is 10.6 Å². The summed E-state index contributed by atoms with van der Waals surface area (Å²) < 4.78 is 0. The van der Waals surface area contributed by atoms with Crippen LogP contribution in [-0.2, 0) is 12.8 Å². The molecule has 2 unspecified atom stereocenters. The molecule has 1 aromatic carbocycles. The number of dihydropyridines is 1. The molecule has 0 fully saturated rings. The summed E-state index contributed by atoms with van der Waals surface area (Å²) in [5.41, 5.74) is 6.49. The SMILES string of the molecule is CC1=NC2Nc3c4c(c5c(c3C2C=C1)C(=O)NC5=O)CCC4. The van der Waals surface area contributed by atoms with Crippen LogP contribution in [0.1, 0.15) is 56.7 Å². The molecule has 3 aliphatic heterocycles. The van der Waals surface area contributed by atoms with Gasteiger partial charge in [-0.1, -0.05) is 6.08 Å². The van der Waals surface area contributed by atoms with E-state index in [9.17, 15) is 9.59 Å². The third kappa shape index (κ3) is 1.31. The quantitative estimate of drug-likeness (QED) is 0.718. The molecule has 2 amide bonds. The molecule has 22 heavy (non-hydrogen) atoms. The molecule has 0 aromatic heterocycles. The van der Waals surface area contributed by atoms with Gasteiger partial charge in [0.1, 0.15) is 6.17 Å². The molecule has 0 radical (unpaired) electrons. The highest BCUT2D eigenvalue weighted by molar-refractivity contribution is 6.24. The fraction of sp³-hybridized carbons (Fsp3) is 0.353. The van der Waals surface area contributed by atoms with Crippen LogP contribution >= 0.6 is 0 Å². The summed E-state index contributed by atoms with van der Waals surface area (Å²) in [4.78, 5) is 29.3. The summed E-state index contributed by atoms with van der Waals surface area (Å²) in [6.07, 6.45) is 6.91. The van der Waals surface area contributed by atoms with Crippen LogP contribution in [0.5, 0.6) is 0 Å². The molecule has 110 valence electrons. The molecule has 5 rings (SSSR count). The number of nitrogens with zero attached hydrogens (tertiary/aromatic N) is 1. The molecule has 1 aliphatic carbocycles. The number of allylic oxidation sites excluding steroid dienone is 1. The molecule has 0 saturated heterocycles. The second-order valence-electron chi connectivity index (χ2n) is 6.38. The molecule has 0 saturated carbocycles. The van der Waals surface area contributed by atoms with E-state index in [4.69, 9.17) is 0 Å². The fourth-order valence-electron chi connectivity index (χ4n) is 4.30. The zero-order valence-electron chi connectivity index (χ0n) is 12.2. The van der Waals surface area contributed by atoms with E-state index in [1.165, 1.54) is 5.56 Å². The fourth-order valence-corrected chi connectivity index (χ4v) is 4.30. The molecule has 0 bridgehead atoms. The van der Waals surface area contributed by atoms with Crippen molar-refractivity contribution in [2.24, 2.45) is 4.99 Å². The van der Waals surface area contributed by atoms with E-state index in [1.807, 2.05) is 13.0 Å². The number of hydrogen-bond donors (Lipinski definition) is 2. The van der Waals surface area contributed by atoms with E-state index in [1.54, 1.807) is 0 Å². The largest absolute Gasteiger partial charge is 0.363 e. The number of carbonyl (C=O) groups is 2. The highest BCUT2D eigenvalue weighted by atomic mass is 16.2. The Balaban J connectivity index is 1.84. The summed E-state index contributed by atoms with van der Waals surface area (Å²) in [6.45, 7) is 1.97. The normalized spacial score (nSPS) is 26.9. The van der Waals surface area contributed by atoms with Crippen molar-refractivity contribution in [3.8, 4) is 0 Å². The van der Waals surface area contributed by atoms with Gasteiger partial charge in [-0.05, 0) is 43.4 Å². The highest BCUT2D eigenvalue weighted by Gasteiger charge is 2.44. The molecule has 1 aromatic rings. The lowest BCUT2D eigenvalue weighted by Crippen LogP contribution is -2.22. The second-order valence-corrected chi connectivity index (χ2v) is 6.38. The lowest BCUT2D eigenvalue weighted by atomic mass is 9.86. The van der Waals surface area contributed by atoms with E-state index in [0.717, 1.165) is 41.8 Å². The third-order valence-electron chi connectivity index (χ3n) is 5.14. The lowest BCUT2D eigenvalue weighted by molar-refractivity contribution is 0.0879. The summed E-state index contributed by atoms with van der Waals surface area (Å²) >= 11 is 0. The number of nitrogens with one attached hydrogen (secondary N) is 2.